The third-order valence-corrected chi connectivity index (χ3v) is 8.90. The summed E-state index contributed by atoms with van der Waals surface area (Å²) in [4.78, 5) is 41.7. The second-order valence-electron chi connectivity index (χ2n) is 11.4. The molecule has 0 aliphatic carbocycles. The standard InChI is InChI=1S/2C16H18N4O2/c2*21-10-12-15-9-19(16(22)18-7-3-4-8-18)13-5-1-2-6-14(13)20(15)11-17-12/h2*1-2,5-6,11,21H,3-4,7-10H2. The molecule has 2 N–H and O–H groups in total. The number of aromatic nitrogens is 4. The molecule has 0 saturated carbocycles. The van der Waals surface area contributed by atoms with Crippen molar-refractivity contribution in [3.63, 3.8) is 0 Å². The van der Waals surface area contributed by atoms with Crippen LogP contribution in [0.5, 0.6) is 0 Å². The number of hydrogen-bond donors (Lipinski definition) is 2. The maximum absolute atomic E-state index is 12.9. The van der Waals surface area contributed by atoms with Gasteiger partial charge in [-0.15, -0.1) is 0 Å². The monoisotopic (exact) mass is 596 g/mol. The maximum atomic E-state index is 12.9. The lowest BCUT2D eigenvalue weighted by Gasteiger charge is -2.33. The van der Waals surface area contributed by atoms with Gasteiger partial charge in [-0.25, -0.2) is 19.6 Å². The number of para-hydroxylation sites is 4. The van der Waals surface area contributed by atoms with Crippen LogP contribution in [0.25, 0.3) is 11.4 Å². The second-order valence-corrected chi connectivity index (χ2v) is 11.4. The number of aliphatic hydroxyl groups excluding tert-OH is 2. The molecule has 2 saturated heterocycles. The van der Waals surface area contributed by atoms with Gasteiger partial charge in [0, 0.05) is 26.2 Å². The minimum absolute atomic E-state index is 0.0429. The largest absolute Gasteiger partial charge is 0.390 e. The first-order valence-corrected chi connectivity index (χ1v) is 15.2. The van der Waals surface area contributed by atoms with E-state index in [4.69, 9.17) is 0 Å². The van der Waals surface area contributed by atoms with Gasteiger partial charge in [-0.1, -0.05) is 24.3 Å². The van der Waals surface area contributed by atoms with Crippen LogP contribution in [0, 0.1) is 0 Å². The molecule has 4 aliphatic heterocycles. The number of hydrogen-bond acceptors (Lipinski definition) is 6. The molecular formula is C32H36N8O4. The third kappa shape index (κ3) is 4.80. The fraction of sp³-hybridized carbons (Fsp3) is 0.375. The summed E-state index contributed by atoms with van der Waals surface area (Å²) in [7, 11) is 0. The Morgan fingerprint density at radius 1 is 0.591 bits per heavy atom. The number of imidazole rings is 2. The molecule has 2 aromatic heterocycles. The minimum Gasteiger partial charge on any atom is -0.390 e. The first-order valence-electron chi connectivity index (χ1n) is 15.2. The van der Waals surface area contributed by atoms with E-state index in [1.807, 2.05) is 67.5 Å². The van der Waals surface area contributed by atoms with Gasteiger partial charge in [-0.2, -0.15) is 0 Å². The summed E-state index contributed by atoms with van der Waals surface area (Å²) < 4.78 is 3.93. The lowest BCUT2D eigenvalue weighted by molar-refractivity contribution is 0.214. The van der Waals surface area contributed by atoms with Crippen LogP contribution in [0.3, 0.4) is 0 Å². The van der Waals surface area contributed by atoms with Crippen LogP contribution in [0.2, 0.25) is 0 Å². The number of aliphatic hydroxyl groups is 2. The normalized spacial score (nSPS) is 16.6. The summed E-state index contributed by atoms with van der Waals surface area (Å²) in [6, 6.07) is 15.8. The van der Waals surface area contributed by atoms with E-state index in [0.29, 0.717) is 24.5 Å². The molecule has 12 heteroatoms. The quantitative estimate of drug-likeness (QED) is 0.363. The van der Waals surface area contributed by atoms with Crippen LogP contribution in [0.15, 0.2) is 61.2 Å². The number of benzene rings is 2. The highest BCUT2D eigenvalue weighted by molar-refractivity contribution is 5.96. The van der Waals surface area contributed by atoms with Gasteiger partial charge in [0.05, 0.1) is 84.5 Å². The van der Waals surface area contributed by atoms with Crippen LogP contribution in [0.4, 0.5) is 21.0 Å². The van der Waals surface area contributed by atoms with Gasteiger partial charge >= 0.3 is 12.1 Å². The van der Waals surface area contributed by atoms with Gasteiger partial charge in [-0.05, 0) is 49.9 Å². The lowest BCUT2D eigenvalue weighted by atomic mass is 10.1. The molecule has 2 fully saturated rings. The second kappa shape index (κ2) is 11.8. The van der Waals surface area contributed by atoms with Crippen molar-refractivity contribution >= 4 is 23.4 Å². The highest BCUT2D eigenvalue weighted by atomic mass is 16.3. The molecule has 8 rings (SSSR count). The average molecular weight is 597 g/mol. The van der Waals surface area contributed by atoms with Crippen molar-refractivity contribution in [2.75, 3.05) is 36.0 Å². The molecule has 44 heavy (non-hydrogen) atoms. The van der Waals surface area contributed by atoms with E-state index in [1.54, 1.807) is 22.5 Å². The summed E-state index contributed by atoms with van der Waals surface area (Å²) >= 11 is 0. The molecule has 4 aromatic rings. The number of carbonyl (C=O) groups is 2. The molecular weight excluding hydrogens is 560 g/mol. The Balaban J connectivity index is 0.000000142. The Morgan fingerprint density at radius 2 is 0.955 bits per heavy atom. The number of nitrogens with zero attached hydrogens (tertiary/aromatic N) is 8. The van der Waals surface area contributed by atoms with E-state index in [9.17, 15) is 19.8 Å². The summed E-state index contributed by atoms with van der Waals surface area (Å²) in [6.45, 7) is 3.96. The molecule has 4 aliphatic rings. The van der Waals surface area contributed by atoms with Crippen molar-refractivity contribution in [3.8, 4) is 11.4 Å². The van der Waals surface area contributed by atoms with Crippen molar-refractivity contribution in [1.29, 1.82) is 0 Å². The van der Waals surface area contributed by atoms with Crippen LogP contribution < -0.4 is 9.80 Å². The van der Waals surface area contributed by atoms with Crippen LogP contribution in [-0.2, 0) is 26.3 Å². The topological polar surface area (TPSA) is 123 Å². The molecule has 0 atom stereocenters. The maximum Gasteiger partial charge on any atom is 0.324 e. The molecule has 12 nitrogen and oxygen atoms in total. The molecule has 4 amide bonds. The highest BCUT2D eigenvalue weighted by Gasteiger charge is 2.33. The first kappa shape index (κ1) is 28.1. The lowest BCUT2D eigenvalue weighted by Crippen LogP contribution is -2.43. The van der Waals surface area contributed by atoms with Gasteiger partial charge < -0.3 is 20.0 Å². The third-order valence-electron chi connectivity index (χ3n) is 8.90. The van der Waals surface area contributed by atoms with Crippen LogP contribution in [-0.4, -0.2) is 77.4 Å². The summed E-state index contributed by atoms with van der Waals surface area (Å²) in [5.74, 6) is 0. The number of anilines is 2. The minimum atomic E-state index is -0.115. The zero-order valence-corrected chi connectivity index (χ0v) is 24.5. The number of likely N-dealkylation sites (tertiary alicyclic amines) is 2. The van der Waals surface area contributed by atoms with Crippen molar-refractivity contribution in [2.45, 2.75) is 52.0 Å². The van der Waals surface area contributed by atoms with Crippen molar-refractivity contribution < 1.29 is 19.8 Å². The summed E-state index contributed by atoms with van der Waals surface area (Å²) in [5, 5.41) is 19.0. The van der Waals surface area contributed by atoms with Gasteiger partial charge in [-0.3, -0.25) is 18.9 Å². The molecule has 2 aromatic carbocycles. The SMILES string of the molecule is O=C(N1CCCC1)N1Cc2c(CO)ncn2-c2ccccc21.O=C(N1CCCC1)N1Cc2c(CO)ncn2-c2ccccc21. The molecule has 0 unspecified atom stereocenters. The number of rotatable bonds is 2. The Hall–Kier alpha value is -4.68. The summed E-state index contributed by atoms with van der Waals surface area (Å²) in [6.07, 6.45) is 7.72. The predicted octanol–water partition coefficient (Wildman–Crippen LogP) is 3.80. The molecule has 228 valence electrons. The summed E-state index contributed by atoms with van der Waals surface area (Å²) in [5.41, 5.74) is 6.69. The Bertz CT molecular complexity index is 1560. The number of fused-ring (bicyclic) bond motifs is 6. The van der Waals surface area contributed by atoms with E-state index in [2.05, 4.69) is 9.97 Å². The number of carbonyl (C=O) groups excluding carboxylic acids is 2. The van der Waals surface area contributed by atoms with Crippen molar-refractivity contribution in [1.82, 2.24) is 28.9 Å². The number of urea groups is 2. The van der Waals surface area contributed by atoms with Gasteiger partial charge in [0.1, 0.15) is 0 Å². The van der Waals surface area contributed by atoms with Crippen LogP contribution in [0.1, 0.15) is 48.5 Å². The number of amides is 4. The van der Waals surface area contributed by atoms with Crippen molar-refractivity contribution in [2.24, 2.45) is 0 Å². The van der Waals surface area contributed by atoms with Gasteiger partial charge in [0.2, 0.25) is 0 Å². The smallest absolute Gasteiger partial charge is 0.324 e. The highest BCUT2D eigenvalue weighted by Crippen LogP contribution is 2.35. The van der Waals surface area contributed by atoms with Gasteiger partial charge in [0.25, 0.3) is 0 Å². The van der Waals surface area contributed by atoms with E-state index in [-0.39, 0.29) is 25.3 Å². The van der Waals surface area contributed by atoms with Gasteiger partial charge in [0.15, 0.2) is 0 Å². The average Bonchev–Trinajstić information content (AvgIpc) is 3.90. The fourth-order valence-electron chi connectivity index (χ4n) is 6.60. The Kier molecular flexibility index (Phi) is 7.52. The zero-order chi connectivity index (χ0) is 30.2. The molecule has 0 radical (unpaired) electrons. The molecule has 6 heterocycles. The van der Waals surface area contributed by atoms with E-state index in [1.165, 1.54) is 0 Å². The predicted molar refractivity (Wildman–Crippen MR) is 164 cm³/mol. The Morgan fingerprint density at radius 3 is 1.32 bits per heavy atom. The zero-order valence-electron chi connectivity index (χ0n) is 24.5. The fourth-order valence-corrected chi connectivity index (χ4v) is 6.60. The molecule has 0 bridgehead atoms. The van der Waals surface area contributed by atoms with Crippen LogP contribution >= 0.6 is 0 Å². The van der Waals surface area contributed by atoms with E-state index < -0.39 is 0 Å². The van der Waals surface area contributed by atoms with E-state index in [0.717, 1.165) is 86.0 Å². The Labute approximate surface area is 255 Å². The first-order chi connectivity index (χ1) is 21.6. The van der Waals surface area contributed by atoms with E-state index >= 15 is 0 Å². The van der Waals surface area contributed by atoms with Crippen molar-refractivity contribution in [3.05, 3.63) is 84.0 Å². The molecule has 0 spiro atoms.